The number of aliphatic hydroxyl groups excluding tert-OH is 1. The molecule has 0 spiro atoms. The molecule has 4 nitrogen and oxygen atoms in total. The van der Waals surface area contributed by atoms with Gasteiger partial charge in [0.15, 0.2) is 0 Å². The van der Waals surface area contributed by atoms with Crippen molar-refractivity contribution in [1.29, 1.82) is 0 Å². The summed E-state index contributed by atoms with van der Waals surface area (Å²) < 4.78 is 0. The number of aromatic nitrogens is 2. The summed E-state index contributed by atoms with van der Waals surface area (Å²) in [6.45, 7) is 5.32. The molecule has 1 heterocycles. The monoisotopic (exact) mass is 241 g/mol. The molecule has 0 saturated carbocycles. The number of nitrogens with one attached hydrogen (secondary N) is 1. The number of hydrogen-bond acceptors (Lipinski definition) is 5. The molecule has 2 N–H and O–H groups in total. The van der Waals surface area contributed by atoms with Gasteiger partial charge in [-0.1, -0.05) is 6.92 Å². The van der Waals surface area contributed by atoms with Crippen molar-refractivity contribution in [3.05, 3.63) is 11.9 Å². The Labute approximate surface area is 101 Å². The number of anilines is 1. The largest absolute Gasteiger partial charge is 0.396 e. The van der Waals surface area contributed by atoms with Gasteiger partial charge in [0.05, 0.1) is 0 Å². The topological polar surface area (TPSA) is 58.0 Å². The van der Waals surface area contributed by atoms with Gasteiger partial charge in [-0.3, -0.25) is 0 Å². The molecule has 0 unspecified atom stereocenters. The summed E-state index contributed by atoms with van der Waals surface area (Å²) in [5.74, 6) is 1.81. The normalized spacial score (nSPS) is 10.4. The number of rotatable bonds is 7. The second-order valence-electron chi connectivity index (χ2n) is 3.50. The smallest absolute Gasteiger partial charge is 0.133 e. The molecule has 1 rings (SSSR count). The van der Waals surface area contributed by atoms with Crippen LogP contribution in [0, 0.1) is 6.92 Å². The van der Waals surface area contributed by atoms with Crippen molar-refractivity contribution in [1.82, 2.24) is 9.97 Å². The zero-order valence-electron chi connectivity index (χ0n) is 9.86. The first-order valence-corrected chi connectivity index (χ1v) is 6.57. The van der Waals surface area contributed by atoms with Crippen LogP contribution in [0.4, 0.5) is 5.82 Å². The van der Waals surface area contributed by atoms with Crippen molar-refractivity contribution >= 4 is 17.6 Å². The maximum atomic E-state index is 8.73. The molecule has 1 aromatic heterocycles. The molecule has 0 atom stereocenters. The van der Waals surface area contributed by atoms with E-state index in [1.165, 1.54) is 0 Å². The average molecular weight is 241 g/mol. The first-order chi connectivity index (χ1) is 7.79. The van der Waals surface area contributed by atoms with Crippen LogP contribution in [0.3, 0.4) is 0 Å². The molecule has 16 heavy (non-hydrogen) atoms. The number of aliphatic hydroxyl groups is 1. The molecule has 1 aromatic rings. The van der Waals surface area contributed by atoms with Crippen LogP contribution in [0.2, 0.25) is 0 Å². The third-order valence-electron chi connectivity index (χ3n) is 2.12. The molecule has 0 aromatic carbocycles. The summed E-state index contributed by atoms with van der Waals surface area (Å²) in [6, 6.07) is 0. The second-order valence-corrected chi connectivity index (χ2v) is 4.59. The molecule has 0 aliphatic heterocycles. The predicted octanol–water partition coefficient (Wildman–Crippen LogP) is 2.08. The molecule has 0 aliphatic rings. The Morgan fingerprint density at radius 3 is 2.94 bits per heavy atom. The third kappa shape index (κ3) is 3.98. The maximum absolute atomic E-state index is 8.73. The number of thioether (sulfide) groups is 1. The summed E-state index contributed by atoms with van der Waals surface area (Å²) in [5.41, 5.74) is 1.10. The molecule has 0 bridgehead atoms. The van der Waals surface area contributed by atoms with Gasteiger partial charge in [-0.2, -0.15) is 0 Å². The summed E-state index contributed by atoms with van der Waals surface area (Å²) in [4.78, 5) is 8.47. The minimum atomic E-state index is 0.234. The quantitative estimate of drug-likeness (QED) is 0.435. The molecule has 0 aliphatic carbocycles. The lowest BCUT2D eigenvalue weighted by atomic mass is 10.3. The lowest BCUT2D eigenvalue weighted by molar-refractivity contribution is 0.296. The first-order valence-electron chi connectivity index (χ1n) is 5.58. The van der Waals surface area contributed by atoms with E-state index in [0.717, 1.165) is 41.5 Å². The van der Waals surface area contributed by atoms with Crippen LogP contribution in [0.25, 0.3) is 0 Å². The van der Waals surface area contributed by atoms with Crippen LogP contribution in [-0.4, -0.2) is 34.0 Å². The zero-order valence-corrected chi connectivity index (χ0v) is 10.7. The molecule has 90 valence electrons. The van der Waals surface area contributed by atoms with E-state index >= 15 is 0 Å². The number of nitrogens with zero attached hydrogens (tertiary/aromatic N) is 2. The van der Waals surface area contributed by atoms with Crippen LogP contribution in [0.1, 0.15) is 25.3 Å². The summed E-state index contributed by atoms with van der Waals surface area (Å²) >= 11 is 1.67. The minimum Gasteiger partial charge on any atom is -0.396 e. The van der Waals surface area contributed by atoms with Crippen molar-refractivity contribution in [3.8, 4) is 0 Å². The maximum Gasteiger partial charge on any atom is 0.133 e. The van der Waals surface area contributed by atoms with Gasteiger partial charge in [0.2, 0.25) is 0 Å². The van der Waals surface area contributed by atoms with Crippen LogP contribution in [-0.2, 0) is 0 Å². The molecule has 0 saturated heterocycles. The van der Waals surface area contributed by atoms with Crippen LogP contribution in [0.15, 0.2) is 11.4 Å². The van der Waals surface area contributed by atoms with Gasteiger partial charge in [0.25, 0.3) is 0 Å². The van der Waals surface area contributed by atoms with Crippen LogP contribution < -0.4 is 5.32 Å². The zero-order chi connectivity index (χ0) is 11.8. The standard InChI is InChI=1S/C11H19N3OS/c1-3-5-12-10-9(2)11(14-8-13-10)16-7-4-6-15/h8,15H,3-7H2,1-2H3,(H,12,13,14). The fourth-order valence-electron chi connectivity index (χ4n) is 1.23. The summed E-state index contributed by atoms with van der Waals surface area (Å²) in [7, 11) is 0. The highest BCUT2D eigenvalue weighted by Gasteiger charge is 2.06. The van der Waals surface area contributed by atoms with Gasteiger partial charge in [0.1, 0.15) is 17.2 Å². The number of hydrogen-bond donors (Lipinski definition) is 2. The highest BCUT2D eigenvalue weighted by Crippen LogP contribution is 2.24. The highest BCUT2D eigenvalue weighted by atomic mass is 32.2. The van der Waals surface area contributed by atoms with Crippen molar-refractivity contribution in [2.45, 2.75) is 31.7 Å². The highest BCUT2D eigenvalue weighted by molar-refractivity contribution is 7.99. The fraction of sp³-hybridized carbons (Fsp3) is 0.636. The van der Waals surface area contributed by atoms with Gasteiger partial charge < -0.3 is 10.4 Å². The van der Waals surface area contributed by atoms with E-state index in [2.05, 4.69) is 22.2 Å². The lowest BCUT2D eigenvalue weighted by Crippen LogP contribution is -2.05. The van der Waals surface area contributed by atoms with Crippen molar-refractivity contribution < 1.29 is 5.11 Å². The van der Waals surface area contributed by atoms with E-state index < -0.39 is 0 Å². The second kappa shape index (κ2) is 7.46. The van der Waals surface area contributed by atoms with Gasteiger partial charge >= 0.3 is 0 Å². The van der Waals surface area contributed by atoms with E-state index in [4.69, 9.17) is 5.11 Å². The molecule has 0 radical (unpaired) electrons. The Hall–Kier alpha value is -0.810. The van der Waals surface area contributed by atoms with Crippen LogP contribution in [0.5, 0.6) is 0 Å². The molecular weight excluding hydrogens is 222 g/mol. The van der Waals surface area contributed by atoms with E-state index in [1.807, 2.05) is 6.92 Å². The molecule has 5 heteroatoms. The predicted molar refractivity (Wildman–Crippen MR) is 68.0 cm³/mol. The Balaban J connectivity index is 2.62. The van der Waals surface area contributed by atoms with E-state index in [0.29, 0.717) is 0 Å². The van der Waals surface area contributed by atoms with Crippen LogP contribution >= 0.6 is 11.8 Å². The lowest BCUT2D eigenvalue weighted by Gasteiger charge is -2.09. The van der Waals surface area contributed by atoms with Gasteiger partial charge in [-0.15, -0.1) is 11.8 Å². The Morgan fingerprint density at radius 2 is 2.25 bits per heavy atom. The minimum absolute atomic E-state index is 0.234. The SMILES string of the molecule is CCCNc1ncnc(SCCCO)c1C. The van der Waals surface area contributed by atoms with Gasteiger partial charge in [-0.05, 0) is 19.8 Å². The molecule has 0 fully saturated rings. The Bertz CT molecular complexity index is 320. The van der Waals surface area contributed by atoms with E-state index in [-0.39, 0.29) is 6.61 Å². The Kier molecular flexibility index (Phi) is 6.18. The van der Waals surface area contributed by atoms with Crippen molar-refractivity contribution in [2.75, 3.05) is 24.2 Å². The molecule has 0 amide bonds. The summed E-state index contributed by atoms with van der Waals surface area (Å²) in [6.07, 6.45) is 3.47. The van der Waals surface area contributed by atoms with E-state index in [9.17, 15) is 0 Å². The van der Waals surface area contributed by atoms with Crippen molar-refractivity contribution in [2.24, 2.45) is 0 Å². The summed E-state index contributed by atoms with van der Waals surface area (Å²) in [5, 5.41) is 13.0. The molecular formula is C11H19N3OS. The van der Waals surface area contributed by atoms with Crippen molar-refractivity contribution in [3.63, 3.8) is 0 Å². The van der Waals surface area contributed by atoms with Gasteiger partial charge in [0, 0.05) is 24.5 Å². The van der Waals surface area contributed by atoms with E-state index in [1.54, 1.807) is 18.1 Å². The van der Waals surface area contributed by atoms with Gasteiger partial charge in [-0.25, -0.2) is 9.97 Å². The first kappa shape index (κ1) is 13.3. The average Bonchev–Trinajstić information content (AvgIpc) is 2.30. The Morgan fingerprint density at radius 1 is 1.44 bits per heavy atom. The third-order valence-corrected chi connectivity index (χ3v) is 3.30. The fourth-order valence-corrected chi connectivity index (χ4v) is 2.14.